The van der Waals surface area contributed by atoms with Gasteiger partial charge in [0, 0.05) is 32.7 Å². The Morgan fingerprint density at radius 2 is 1.94 bits per heavy atom. The van der Waals surface area contributed by atoms with Crippen LogP contribution in [0, 0.1) is 0 Å². The highest BCUT2D eigenvalue weighted by molar-refractivity contribution is 7.90. The summed E-state index contributed by atoms with van der Waals surface area (Å²) in [4.78, 5) is 2.36. The van der Waals surface area contributed by atoms with Crippen LogP contribution in [-0.4, -0.2) is 57.8 Å². The Labute approximate surface area is 98.6 Å². The quantitative estimate of drug-likeness (QED) is 0.629. The second-order valence-corrected chi connectivity index (χ2v) is 6.75. The number of nitrogens with one attached hydrogen (secondary N) is 2. The van der Waals surface area contributed by atoms with E-state index in [-0.39, 0.29) is 5.25 Å². The third kappa shape index (κ3) is 4.78. The summed E-state index contributed by atoms with van der Waals surface area (Å²) in [5.41, 5.74) is 0. The van der Waals surface area contributed by atoms with Crippen LogP contribution in [-0.2, 0) is 10.0 Å². The molecule has 0 radical (unpaired) electrons. The van der Waals surface area contributed by atoms with E-state index in [0.29, 0.717) is 6.54 Å². The van der Waals surface area contributed by atoms with E-state index in [9.17, 15) is 8.42 Å². The molecule has 0 atom stereocenters. The Morgan fingerprint density at radius 1 is 1.31 bits per heavy atom. The van der Waals surface area contributed by atoms with Crippen molar-refractivity contribution in [3.8, 4) is 0 Å². The van der Waals surface area contributed by atoms with E-state index in [4.69, 9.17) is 0 Å². The van der Waals surface area contributed by atoms with Gasteiger partial charge in [0.05, 0.1) is 5.25 Å². The van der Waals surface area contributed by atoms with Crippen LogP contribution in [0.2, 0.25) is 0 Å². The molecule has 0 unspecified atom stereocenters. The first-order valence-electron chi connectivity index (χ1n) is 5.94. The monoisotopic (exact) mass is 249 g/mol. The zero-order chi connectivity index (χ0) is 12.0. The molecule has 0 aromatic carbocycles. The number of hydrogen-bond acceptors (Lipinski definition) is 4. The lowest BCUT2D eigenvalue weighted by Gasteiger charge is -2.27. The van der Waals surface area contributed by atoms with Crippen LogP contribution in [0.15, 0.2) is 0 Å². The number of hydrogen-bond donors (Lipinski definition) is 2. The van der Waals surface area contributed by atoms with Gasteiger partial charge in [0.2, 0.25) is 10.0 Å². The lowest BCUT2D eigenvalue weighted by Crippen LogP contribution is -2.44. The normalized spacial score (nSPS) is 19.2. The minimum absolute atomic E-state index is 0.341. The lowest BCUT2D eigenvalue weighted by molar-refractivity contribution is 0.239. The van der Waals surface area contributed by atoms with Crippen molar-refractivity contribution in [3.05, 3.63) is 0 Å². The predicted octanol–water partition coefficient (Wildman–Crippen LogP) is -0.390. The van der Waals surface area contributed by atoms with Crippen LogP contribution in [0.5, 0.6) is 0 Å². The Balaban J connectivity index is 2.11. The van der Waals surface area contributed by atoms with Gasteiger partial charge < -0.3 is 10.2 Å². The van der Waals surface area contributed by atoms with Gasteiger partial charge >= 0.3 is 0 Å². The second kappa shape index (κ2) is 6.54. The molecule has 5 nitrogen and oxygen atoms in total. The average Bonchev–Trinajstić information content (AvgIpc) is 2.26. The molecule has 1 fully saturated rings. The summed E-state index contributed by atoms with van der Waals surface area (Å²) >= 11 is 0. The van der Waals surface area contributed by atoms with Crippen LogP contribution >= 0.6 is 0 Å². The molecule has 0 amide bonds. The molecule has 2 N–H and O–H groups in total. The predicted molar refractivity (Wildman–Crippen MR) is 66.0 cm³/mol. The van der Waals surface area contributed by atoms with Crippen LogP contribution in [0.1, 0.15) is 20.3 Å². The molecule has 0 aromatic heterocycles. The minimum Gasteiger partial charge on any atom is -0.314 e. The van der Waals surface area contributed by atoms with Crippen LogP contribution < -0.4 is 10.0 Å². The third-order valence-corrected chi connectivity index (χ3v) is 4.63. The average molecular weight is 249 g/mol. The fraction of sp³-hybridized carbons (Fsp3) is 1.00. The van der Waals surface area contributed by atoms with Gasteiger partial charge in [-0.1, -0.05) is 0 Å². The molecule has 0 aromatic rings. The van der Waals surface area contributed by atoms with Gasteiger partial charge in [0.1, 0.15) is 0 Å². The van der Waals surface area contributed by atoms with Crippen molar-refractivity contribution in [2.24, 2.45) is 0 Å². The molecule has 0 saturated carbocycles. The molecule has 0 aliphatic carbocycles. The summed E-state index contributed by atoms with van der Waals surface area (Å²) < 4.78 is 25.5. The van der Waals surface area contributed by atoms with E-state index in [1.54, 1.807) is 13.8 Å². The van der Waals surface area contributed by atoms with Gasteiger partial charge in [-0.15, -0.1) is 0 Å². The van der Waals surface area contributed by atoms with Crippen LogP contribution in [0.3, 0.4) is 0 Å². The van der Waals surface area contributed by atoms with Crippen LogP contribution in [0.4, 0.5) is 0 Å². The Kier molecular flexibility index (Phi) is 5.68. The van der Waals surface area contributed by atoms with Crippen molar-refractivity contribution in [1.82, 2.24) is 14.9 Å². The summed E-state index contributed by atoms with van der Waals surface area (Å²) in [6, 6.07) is 0. The van der Waals surface area contributed by atoms with E-state index in [2.05, 4.69) is 14.9 Å². The van der Waals surface area contributed by atoms with E-state index < -0.39 is 10.0 Å². The topological polar surface area (TPSA) is 61.4 Å². The Morgan fingerprint density at radius 3 is 2.50 bits per heavy atom. The van der Waals surface area contributed by atoms with Crippen molar-refractivity contribution in [3.63, 3.8) is 0 Å². The van der Waals surface area contributed by atoms with Gasteiger partial charge in [0.15, 0.2) is 0 Å². The maximum absolute atomic E-state index is 11.4. The minimum atomic E-state index is -3.08. The van der Waals surface area contributed by atoms with Crippen molar-refractivity contribution in [2.45, 2.75) is 25.5 Å². The number of piperazine rings is 1. The zero-order valence-corrected chi connectivity index (χ0v) is 11.0. The van der Waals surface area contributed by atoms with Gasteiger partial charge in [0.25, 0.3) is 0 Å². The Bertz CT molecular complexity index is 284. The summed E-state index contributed by atoms with van der Waals surface area (Å²) in [5, 5.41) is 2.95. The summed E-state index contributed by atoms with van der Waals surface area (Å²) in [6.07, 6.45) is 0.881. The molecule has 1 heterocycles. The van der Waals surface area contributed by atoms with Crippen molar-refractivity contribution in [2.75, 3.05) is 39.3 Å². The maximum Gasteiger partial charge on any atom is 0.213 e. The molecule has 96 valence electrons. The van der Waals surface area contributed by atoms with E-state index in [0.717, 1.165) is 39.1 Å². The van der Waals surface area contributed by atoms with Crippen molar-refractivity contribution >= 4 is 10.0 Å². The molecule has 0 bridgehead atoms. The first-order valence-corrected chi connectivity index (χ1v) is 7.48. The summed E-state index contributed by atoms with van der Waals surface area (Å²) in [6.45, 7) is 9.12. The molecular formula is C10H23N3O2S. The second-order valence-electron chi connectivity index (χ2n) is 4.43. The van der Waals surface area contributed by atoms with Crippen LogP contribution in [0.25, 0.3) is 0 Å². The molecule has 1 saturated heterocycles. The molecule has 1 rings (SSSR count). The molecule has 6 heteroatoms. The lowest BCUT2D eigenvalue weighted by atomic mass is 10.3. The maximum atomic E-state index is 11.4. The van der Waals surface area contributed by atoms with E-state index in [1.165, 1.54) is 0 Å². The largest absolute Gasteiger partial charge is 0.314 e. The molecule has 1 aliphatic heterocycles. The first kappa shape index (κ1) is 13.9. The highest BCUT2D eigenvalue weighted by Gasteiger charge is 2.14. The fourth-order valence-corrected chi connectivity index (χ4v) is 2.38. The van der Waals surface area contributed by atoms with Gasteiger partial charge in [-0.3, -0.25) is 0 Å². The fourth-order valence-electron chi connectivity index (χ4n) is 1.62. The number of rotatable bonds is 6. The SMILES string of the molecule is CC(C)S(=O)(=O)NCCCN1CCNCC1. The highest BCUT2D eigenvalue weighted by Crippen LogP contribution is 1.97. The number of nitrogens with zero attached hydrogens (tertiary/aromatic N) is 1. The van der Waals surface area contributed by atoms with Gasteiger partial charge in [-0.25, -0.2) is 13.1 Å². The van der Waals surface area contributed by atoms with E-state index >= 15 is 0 Å². The first-order chi connectivity index (χ1) is 7.52. The smallest absolute Gasteiger partial charge is 0.213 e. The number of sulfonamides is 1. The molecule has 1 aliphatic rings. The molecule has 0 spiro atoms. The third-order valence-electron chi connectivity index (χ3n) is 2.78. The molecule has 16 heavy (non-hydrogen) atoms. The summed E-state index contributed by atoms with van der Waals surface area (Å²) in [7, 11) is -3.08. The Hall–Kier alpha value is -0.170. The summed E-state index contributed by atoms with van der Waals surface area (Å²) in [5.74, 6) is 0. The zero-order valence-electron chi connectivity index (χ0n) is 10.2. The van der Waals surface area contributed by atoms with Crippen molar-refractivity contribution in [1.29, 1.82) is 0 Å². The standard InChI is InChI=1S/C10H23N3O2S/c1-10(2)16(14,15)12-4-3-7-13-8-5-11-6-9-13/h10-12H,3-9H2,1-2H3. The highest BCUT2D eigenvalue weighted by atomic mass is 32.2. The van der Waals surface area contributed by atoms with E-state index in [1.807, 2.05) is 0 Å². The van der Waals surface area contributed by atoms with Gasteiger partial charge in [-0.2, -0.15) is 0 Å². The van der Waals surface area contributed by atoms with Gasteiger partial charge in [-0.05, 0) is 26.8 Å². The molecular weight excluding hydrogens is 226 g/mol. The van der Waals surface area contributed by atoms with Crippen molar-refractivity contribution < 1.29 is 8.42 Å².